The quantitative estimate of drug-likeness (QED) is 0.792. The molecule has 0 N–H and O–H groups in total. The van der Waals surface area contributed by atoms with Crippen LogP contribution in [0.2, 0.25) is 0 Å². The monoisotopic (exact) mass is 296 g/mol. The van der Waals surface area contributed by atoms with Crippen molar-refractivity contribution >= 4 is 11.6 Å². The Labute approximate surface area is 127 Å². The van der Waals surface area contributed by atoms with E-state index in [-0.39, 0.29) is 0 Å². The van der Waals surface area contributed by atoms with Crippen LogP contribution in [0.4, 0.5) is 0 Å². The molecule has 112 valence electrons. The second-order valence-electron chi connectivity index (χ2n) is 5.67. The molecule has 2 rings (SSSR count). The van der Waals surface area contributed by atoms with Gasteiger partial charge in [-0.05, 0) is 33.2 Å². The Bertz CT molecular complexity index is 450. The molecule has 20 heavy (non-hydrogen) atoms. The maximum atomic E-state index is 6.15. The maximum Gasteiger partial charge on any atom is 0.128 e. The summed E-state index contributed by atoms with van der Waals surface area (Å²) in [7, 11) is 1.73. The molecule has 4 heteroatoms. The standard InChI is InChI=1S/C16H25ClN2O/c1-12-10-18-15(13(2)16(12)20-3)11-19-8-6-4-5-7-14(19)9-17/h10,14H,4-9,11H2,1-3H3. The van der Waals surface area contributed by atoms with Gasteiger partial charge in [0.15, 0.2) is 0 Å². The normalized spacial score (nSPS) is 20.7. The third kappa shape index (κ3) is 3.44. The molecule has 1 aliphatic heterocycles. The maximum absolute atomic E-state index is 6.15. The van der Waals surface area contributed by atoms with Crippen molar-refractivity contribution in [1.82, 2.24) is 9.88 Å². The Balaban J connectivity index is 2.19. The second-order valence-corrected chi connectivity index (χ2v) is 5.98. The first kappa shape index (κ1) is 15.6. The lowest BCUT2D eigenvalue weighted by Gasteiger charge is -2.28. The summed E-state index contributed by atoms with van der Waals surface area (Å²) in [5, 5.41) is 0. The zero-order chi connectivity index (χ0) is 14.5. The summed E-state index contributed by atoms with van der Waals surface area (Å²) >= 11 is 6.15. The van der Waals surface area contributed by atoms with Crippen molar-refractivity contribution in [2.24, 2.45) is 0 Å². The summed E-state index contributed by atoms with van der Waals surface area (Å²) in [5.41, 5.74) is 3.37. The van der Waals surface area contributed by atoms with Gasteiger partial charge in [-0.2, -0.15) is 0 Å². The Morgan fingerprint density at radius 1 is 1.35 bits per heavy atom. The number of aromatic nitrogens is 1. The van der Waals surface area contributed by atoms with Crippen LogP contribution >= 0.6 is 11.6 Å². The van der Waals surface area contributed by atoms with Crippen LogP contribution in [0.5, 0.6) is 5.75 Å². The van der Waals surface area contributed by atoms with E-state index in [2.05, 4.69) is 16.8 Å². The van der Waals surface area contributed by atoms with Gasteiger partial charge in [-0.25, -0.2) is 0 Å². The fourth-order valence-corrected chi connectivity index (χ4v) is 3.39. The van der Waals surface area contributed by atoms with Crippen LogP contribution in [0.15, 0.2) is 6.20 Å². The van der Waals surface area contributed by atoms with Gasteiger partial charge in [0, 0.05) is 35.8 Å². The number of ether oxygens (including phenoxy) is 1. The highest BCUT2D eigenvalue weighted by Gasteiger charge is 2.22. The zero-order valence-electron chi connectivity index (χ0n) is 12.8. The van der Waals surface area contributed by atoms with Gasteiger partial charge in [-0.15, -0.1) is 11.6 Å². The number of nitrogens with zero attached hydrogens (tertiary/aromatic N) is 2. The highest BCUT2D eigenvalue weighted by molar-refractivity contribution is 6.18. The molecule has 1 aliphatic rings. The van der Waals surface area contributed by atoms with E-state index in [9.17, 15) is 0 Å². The van der Waals surface area contributed by atoms with E-state index in [1.165, 1.54) is 25.7 Å². The molecule has 0 saturated carbocycles. The van der Waals surface area contributed by atoms with Gasteiger partial charge < -0.3 is 4.74 Å². The van der Waals surface area contributed by atoms with E-state index in [4.69, 9.17) is 16.3 Å². The summed E-state index contributed by atoms with van der Waals surface area (Å²) in [6.45, 7) is 6.13. The van der Waals surface area contributed by atoms with E-state index in [0.29, 0.717) is 11.9 Å². The number of hydrogen-bond donors (Lipinski definition) is 0. The number of halogens is 1. The lowest BCUT2D eigenvalue weighted by molar-refractivity contribution is 0.204. The van der Waals surface area contributed by atoms with Crippen molar-refractivity contribution in [3.05, 3.63) is 23.0 Å². The van der Waals surface area contributed by atoms with Gasteiger partial charge >= 0.3 is 0 Å². The lowest BCUT2D eigenvalue weighted by atomic mass is 10.1. The topological polar surface area (TPSA) is 25.4 Å². The first-order valence-corrected chi connectivity index (χ1v) is 8.00. The fourth-order valence-electron chi connectivity index (χ4n) is 3.04. The predicted molar refractivity (Wildman–Crippen MR) is 83.6 cm³/mol. The molecule has 0 spiro atoms. The molecule has 1 saturated heterocycles. The van der Waals surface area contributed by atoms with Crippen LogP contribution in [-0.4, -0.2) is 35.5 Å². The van der Waals surface area contributed by atoms with Crippen molar-refractivity contribution in [2.75, 3.05) is 19.5 Å². The van der Waals surface area contributed by atoms with Crippen molar-refractivity contribution in [1.29, 1.82) is 0 Å². The van der Waals surface area contributed by atoms with Crippen molar-refractivity contribution in [3.8, 4) is 5.75 Å². The fraction of sp³-hybridized carbons (Fsp3) is 0.688. The molecule has 3 nitrogen and oxygen atoms in total. The summed E-state index contributed by atoms with van der Waals surface area (Å²) in [5.74, 6) is 1.68. The predicted octanol–water partition coefficient (Wildman–Crippen LogP) is 3.69. The highest BCUT2D eigenvalue weighted by Crippen LogP contribution is 2.26. The number of aryl methyl sites for hydroxylation is 1. The molecule has 1 aromatic rings. The number of methoxy groups -OCH3 is 1. The Morgan fingerprint density at radius 2 is 2.15 bits per heavy atom. The number of pyridine rings is 1. The first-order valence-electron chi connectivity index (χ1n) is 7.46. The van der Waals surface area contributed by atoms with Crippen LogP contribution in [0.3, 0.4) is 0 Å². The van der Waals surface area contributed by atoms with Crippen LogP contribution in [0.1, 0.15) is 42.5 Å². The van der Waals surface area contributed by atoms with E-state index in [1.807, 2.05) is 13.1 Å². The Hall–Kier alpha value is -0.800. The van der Waals surface area contributed by atoms with Crippen molar-refractivity contribution in [3.63, 3.8) is 0 Å². The first-order chi connectivity index (χ1) is 9.67. The van der Waals surface area contributed by atoms with E-state index >= 15 is 0 Å². The van der Waals surface area contributed by atoms with Gasteiger partial charge in [0.1, 0.15) is 5.75 Å². The molecule has 0 amide bonds. The summed E-state index contributed by atoms with van der Waals surface area (Å²) in [4.78, 5) is 7.11. The van der Waals surface area contributed by atoms with E-state index < -0.39 is 0 Å². The summed E-state index contributed by atoms with van der Waals surface area (Å²) in [6, 6.07) is 0.479. The summed E-state index contributed by atoms with van der Waals surface area (Å²) in [6.07, 6.45) is 6.97. The molecule has 1 aromatic heterocycles. The minimum absolute atomic E-state index is 0.479. The lowest BCUT2D eigenvalue weighted by Crippen LogP contribution is -2.36. The Kier molecular flexibility index (Phi) is 5.67. The molecular formula is C16H25ClN2O. The molecule has 2 heterocycles. The SMILES string of the molecule is COc1c(C)cnc(CN2CCCCCC2CCl)c1C. The van der Waals surface area contributed by atoms with Gasteiger partial charge in [0.05, 0.1) is 12.8 Å². The minimum Gasteiger partial charge on any atom is -0.496 e. The molecule has 0 aromatic carbocycles. The number of likely N-dealkylation sites (tertiary alicyclic amines) is 1. The third-order valence-electron chi connectivity index (χ3n) is 4.28. The van der Waals surface area contributed by atoms with Gasteiger partial charge in [0.25, 0.3) is 0 Å². The molecule has 0 aliphatic carbocycles. The van der Waals surface area contributed by atoms with Crippen LogP contribution in [0, 0.1) is 13.8 Å². The average molecular weight is 297 g/mol. The molecular weight excluding hydrogens is 272 g/mol. The van der Waals surface area contributed by atoms with E-state index in [0.717, 1.165) is 35.7 Å². The van der Waals surface area contributed by atoms with Gasteiger partial charge in [-0.1, -0.05) is 12.8 Å². The van der Waals surface area contributed by atoms with Crippen LogP contribution in [-0.2, 0) is 6.54 Å². The van der Waals surface area contributed by atoms with Gasteiger partial charge in [0.2, 0.25) is 0 Å². The Morgan fingerprint density at radius 3 is 2.85 bits per heavy atom. The average Bonchev–Trinajstić information content (AvgIpc) is 2.67. The second kappa shape index (κ2) is 7.28. The van der Waals surface area contributed by atoms with Crippen molar-refractivity contribution < 1.29 is 4.74 Å². The number of alkyl halides is 1. The molecule has 1 atom stereocenters. The molecule has 1 unspecified atom stereocenters. The molecule has 0 radical (unpaired) electrons. The van der Waals surface area contributed by atoms with Crippen molar-refractivity contribution in [2.45, 2.75) is 52.1 Å². The number of rotatable bonds is 4. The molecule has 0 bridgehead atoms. The smallest absolute Gasteiger partial charge is 0.128 e. The largest absolute Gasteiger partial charge is 0.496 e. The van der Waals surface area contributed by atoms with Crippen LogP contribution < -0.4 is 4.74 Å². The van der Waals surface area contributed by atoms with Gasteiger partial charge in [-0.3, -0.25) is 9.88 Å². The minimum atomic E-state index is 0.479. The van der Waals surface area contributed by atoms with Crippen LogP contribution in [0.25, 0.3) is 0 Å². The molecule has 1 fully saturated rings. The highest BCUT2D eigenvalue weighted by atomic mass is 35.5. The summed E-state index contributed by atoms with van der Waals surface area (Å²) < 4.78 is 5.50. The third-order valence-corrected chi connectivity index (χ3v) is 4.64. The van der Waals surface area contributed by atoms with E-state index in [1.54, 1.807) is 7.11 Å². The zero-order valence-corrected chi connectivity index (χ0v) is 13.5. The number of hydrogen-bond acceptors (Lipinski definition) is 3.